The molecule has 8 nitrogen and oxygen atoms in total. The van der Waals surface area contributed by atoms with E-state index in [0.29, 0.717) is 6.54 Å². The van der Waals surface area contributed by atoms with E-state index in [2.05, 4.69) is 42.8 Å². The first-order valence-corrected chi connectivity index (χ1v) is 12.9. The van der Waals surface area contributed by atoms with Crippen LogP contribution in [0.25, 0.3) is 21.8 Å². The molecule has 9 heteroatoms. The van der Waals surface area contributed by atoms with Gasteiger partial charge in [-0.3, -0.25) is 9.69 Å². The Kier molecular flexibility index (Phi) is 5.93. The Morgan fingerprint density at radius 3 is 2.85 bits per heavy atom. The second kappa shape index (κ2) is 8.90. The van der Waals surface area contributed by atoms with Crippen molar-refractivity contribution in [3.63, 3.8) is 0 Å². The van der Waals surface area contributed by atoms with Crippen LogP contribution in [0.1, 0.15) is 24.9 Å². The number of likely N-dealkylation sites (tertiary alicyclic amines) is 1. The van der Waals surface area contributed by atoms with Crippen molar-refractivity contribution in [2.75, 3.05) is 19.6 Å². The van der Waals surface area contributed by atoms with Gasteiger partial charge in [0.25, 0.3) is 0 Å². The van der Waals surface area contributed by atoms with E-state index in [-0.39, 0.29) is 29.4 Å². The smallest absolute Gasteiger partial charge is 0.240 e. The van der Waals surface area contributed by atoms with E-state index in [1.807, 2.05) is 25.2 Å². The second-order valence-corrected chi connectivity index (χ2v) is 10.8. The molecule has 3 heterocycles. The van der Waals surface area contributed by atoms with Crippen molar-refractivity contribution in [1.29, 1.82) is 0 Å². The number of nitrogens with one attached hydrogen (secondary N) is 3. The van der Waals surface area contributed by atoms with E-state index in [1.165, 1.54) is 6.92 Å². The quantitative estimate of drug-likeness (QED) is 0.380. The summed E-state index contributed by atoms with van der Waals surface area (Å²) in [6.45, 7) is 3.20. The Balaban J connectivity index is 1.45. The van der Waals surface area contributed by atoms with E-state index < -0.39 is 10.0 Å². The van der Waals surface area contributed by atoms with Crippen LogP contribution in [-0.4, -0.2) is 54.5 Å². The summed E-state index contributed by atoms with van der Waals surface area (Å²) < 4.78 is 31.4. The van der Waals surface area contributed by atoms with Gasteiger partial charge >= 0.3 is 0 Å². The number of aromatic nitrogens is 2. The summed E-state index contributed by atoms with van der Waals surface area (Å²) in [6, 6.07) is 15.0. The molecule has 178 valence electrons. The molecule has 1 unspecified atom stereocenters. The first kappa shape index (κ1) is 22.6. The van der Waals surface area contributed by atoms with Crippen LogP contribution < -0.4 is 10.0 Å². The molecule has 0 bridgehead atoms. The predicted octanol–water partition coefficient (Wildman–Crippen LogP) is 2.89. The van der Waals surface area contributed by atoms with Crippen LogP contribution in [0.4, 0.5) is 0 Å². The molecule has 4 aromatic rings. The summed E-state index contributed by atoms with van der Waals surface area (Å²) >= 11 is 0. The standard InChI is InChI=1S/C25H29N5O3S/c1-17(31)28-19-10-12-30(15-19)25(22-16-29(2)24-6-4-3-5-21(22)24)14-27-34(32,33)20-8-7-18-9-11-26-23(18)13-20/h3-9,11,13,16,19,25-27H,10,12,14-15H2,1-2H3,(H,28,31)/t19-,25?/m1/s1. The monoisotopic (exact) mass is 479 g/mol. The molecule has 0 spiro atoms. The number of hydrogen-bond donors (Lipinski definition) is 3. The Morgan fingerprint density at radius 2 is 2.03 bits per heavy atom. The molecule has 3 N–H and O–H groups in total. The molecule has 2 aromatic carbocycles. The number of aryl methyl sites for hydroxylation is 1. The lowest BCUT2D eigenvalue weighted by molar-refractivity contribution is -0.119. The van der Waals surface area contributed by atoms with Gasteiger partial charge in [0.15, 0.2) is 0 Å². The molecule has 0 aliphatic carbocycles. The Labute approximate surface area is 199 Å². The van der Waals surface area contributed by atoms with Crippen LogP contribution in [0.15, 0.2) is 65.8 Å². The number of carbonyl (C=O) groups excluding carboxylic acids is 1. The minimum atomic E-state index is -3.71. The van der Waals surface area contributed by atoms with Gasteiger partial charge in [-0.25, -0.2) is 13.1 Å². The highest BCUT2D eigenvalue weighted by molar-refractivity contribution is 7.89. The van der Waals surface area contributed by atoms with Crippen molar-refractivity contribution in [3.05, 3.63) is 66.5 Å². The fourth-order valence-corrected chi connectivity index (χ4v) is 6.08. The minimum Gasteiger partial charge on any atom is -0.361 e. The third-order valence-corrected chi connectivity index (χ3v) is 8.08. The number of para-hydroxylation sites is 1. The van der Waals surface area contributed by atoms with E-state index in [9.17, 15) is 13.2 Å². The van der Waals surface area contributed by atoms with E-state index >= 15 is 0 Å². The molecular formula is C25H29N5O3S. The Bertz CT molecular complexity index is 1460. The van der Waals surface area contributed by atoms with Gasteiger partial charge in [0, 0.05) is 68.5 Å². The van der Waals surface area contributed by atoms with E-state index in [0.717, 1.165) is 40.3 Å². The third kappa shape index (κ3) is 4.34. The fraction of sp³-hybridized carbons (Fsp3) is 0.320. The molecule has 0 saturated carbocycles. The number of carbonyl (C=O) groups is 1. The SMILES string of the molecule is CC(=O)N[C@@H]1CCN(C(CNS(=O)(=O)c2ccc3cc[nH]c3c2)c2cn(C)c3ccccc23)C1. The molecule has 1 aliphatic heterocycles. The van der Waals surface area contributed by atoms with Crippen molar-refractivity contribution in [2.45, 2.75) is 30.3 Å². The van der Waals surface area contributed by atoms with Gasteiger partial charge in [-0.2, -0.15) is 0 Å². The Hall–Kier alpha value is -3.14. The predicted molar refractivity (Wildman–Crippen MR) is 133 cm³/mol. The highest BCUT2D eigenvalue weighted by Crippen LogP contribution is 2.32. The van der Waals surface area contributed by atoms with Crippen LogP contribution in [0.3, 0.4) is 0 Å². The van der Waals surface area contributed by atoms with Gasteiger partial charge in [-0.05, 0) is 41.6 Å². The van der Waals surface area contributed by atoms with Gasteiger partial charge in [0.1, 0.15) is 0 Å². The highest BCUT2D eigenvalue weighted by Gasteiger charge is 2.32. The van der Waals surface area contributed by atoms with Crippen LogP contribution in [0.2, 0.25) is 0 Å². The zero-order valence-electron chi connectivity index (χ0n) is 19.3. The normalized spacial score (nSPS) is 18.0. The van der Waals surface area contributed by atoms with Gasteiger partial charge in [0.05, 0.1) is 10.9 Å². The summed E-state index contributed by atoms with van der Waals surface area (Å²) in [6.07, 6.45) is 4.71. The number of rotatable bonds is 7. The van der Waals surface area contributed by atoms with E-state index in [4.69, 9.17) is 0 Å². The number of sulfonamides is 1. The van der Waals surface area contributed by atoms with Gasteiger partial charge < -0.3 is 14.9 Å². The lowest BCUT2D eigenvalue weighted by Gasteiger charge is -2.28. The number of H-pyrrole nitrogens is 1. The molecule has 0 radical (unpaired) electrons. The number of hydrogen-bond acceptors (Lipinski definition) is 4. The maximum atomic E-state index is 13.2. The topological polar surface area (TPSA) is 99.2 Å². The molecule has 1 fully saturated rings. The molecule has 1 amide bonds. The highest BCUT2D eigenvalue weighted by atomic mass is 32.2. The molecule has 1 aliphatic rings. The molecular weight excluding hydrogens is 450 g/mol. The van der Waals surface area contributed by atoms with Crippen LogP contribution in [0.5, 0.6) is 0 Å². The van der Waals surface area contributed by atoms with Crippen molar-refractivity contribution in [3.8, 4) is 0 Å². The van der Waals surface area contributed by atoms with Crippen molar-refractivity contribution in [1.82, 2.24) is 24.5 Å². The second-order valence-electron chi connectivity index (χ2n) is 8.99. The first-order chi connectivity index (χ1) is 16.3. The van der Waals surface area contributed by atoms with Crippen LogP contribution >= 0.6 is 0 Å². The molecule has 2 atom stereocenters. The van der Waals surface area contributed by atoms with Crippen molar-refractivity contribution >= 4 is 37.7 Å². The van der Waals surface area contributed by atoms with Gasteiger partial charge in [-0.1, -0.05) is 24.3 Å². The zero-order chi connectivity index (χ0) is 23.9. The number of benzene rings is 2. The first-order valence-electron chi connectivity index (χ1n) is 11.4. The minimum absolute atomic E-state index is 0.0472. The van der Waals surface area contributed by atoms with Crippen molar-refractivity contribution in [2.24, 2.45) is 7.05 Å². The molecule has 1 saturated heterocycles. The molecule has 34 heavy (non-hydrogen) atoms. The van der Waals surface area contributed by atoms with E-state index in [1.54, 1.807) is 24.4 Å². The van der Waals surface area contributed by atoms with Gasteiger partial charge in [0.2, 0.25) is 15.9 Å². The average molecular weight is 480 g/mol. The average Bonchev–Trinajstić information content (AvgIpc) is 3.53. The lowest BCUT2D eigenvalue weighted by atomic mass is 10.0. The van der Waals surface area contributed by atoms with Crippen LogP contribution in [0, 0.1) is 0 Å². The van der Waals surface area contributed by atoms with Crippen LogP contribution in [-0.2, 0) is 21.9 Å². The number of amides is 1. The van der Waals surface area contributed by atoms with Crippen molar-refractivity contribution < 1.29 is 13.2 Å². The third-order valence-electron chi connectivity index (χ3n) is 6.66. The fourth-order valence-electron chi connectivity index (χ4n) is 5.02. The summed E-state index contributed by atoms with van der Waals surface area (Å²) in [7, 11) is -1.71. The zero-order valence-corrected chi connectivity index (χ0v) is 20.1. The van der Waals surface area contributed by atoms with Gasteiger partial charge in [-0.15, -0.1) is 0 Å². The maximum absolute atomic E-state index is 13.2. The summed E-state index contributed by atoms with van der Waals surface area (Å²) in [4.78, 5) is 17.2. The largest absolute Gasteiger partial charge is 0.361 e. The number of nitrogens with zero attached hydrogens (tertiary/aromatic N) is 2. The summed E-state index contributed by atoms with van der Waals surface area (Å²) in [5, 5.41) is 5.07. The maximum Gasteiger partial charge on any atom is 0.240 e. The summed E-state index contributed by atoms with van der Waals surface area (Å²) in [5.74, 6) is -0.0472. The lowest BCUT2D eigenvalue weighted by Crippen LogP contribution is -2.40. The Morgan fingerprint density at radius 1 is 1.21 bits per heavy atom. The summed E-state index contributed by atoms with van der Waals surface area (Å²) in [5.41, 5.74) is 2.95. The number of aromatic amines is 1. The molecule has 2 aromatic heterocycles. The number of fused-ring (bicyclic) bond motifs is 2. The molecule has 5 rings (SSSR count).